The van der Waals surface area contributed by atoms with Crippen LogP contribution >= 0.6 is 15.9 Å². The van der Waals surface area contributed by atoms with Crippen LogP contribution < -0.4 is 14.8 Å². The van der Waals surface area contributed by atoms with Crippen molar-refractivity contribution in [2.24, 2.45) is 5.41 Å². The highest BCUT2D eigenvalue weighted by atomic mass is 79.9. The summed E-state index contributed by atoms with van der Waals surface area (Å²) >= 11 is 3.55. The highest BCUT2D eigenvalue weighted by Gasteiger charge is 2.43. The molecule has 2 aromatic rings. The van der Waals surface area contributed by atoms with Crippen molar-refractivity contribution in [3.05, 3.63) is 81.1 Å². The van der Waals surface area contributed by atoms with Gasteiger partial charge < -0.3 is 19.5 Å². The summed E-state index contributed by atoms with van der Waals surface area (Å²) in [4.78, 5) is 26.8. The number of Topliss-reactive ketones (excluding diaryl/α,β-unsaturated/α-hetero) is 1. The van der Waals surface area contributed by atoms with E-state index in [1.807, 2.05) is 55.5 Å². The number of ketones is 1. The molecule has 0 bridgehead atoms. The van der Waals surface area contributed by atoms with E-state index in [-0.39, 0.29) is 24.4 Å². The Hall–Kier alpha value is -3.06. The van der Waals surface area contributed by atoms with Gasteiger partial charge in [-0.15, -0.1) is 0 Å². The molecule has 0 fully saturated rings. The van der Waals surface area contributed by atoms with Gasteiger partial charge in [-0.3, -0.25) is 4.79 Å². The summed E-state index contributed by atoms with van der Waals surface area (Å²) in [6, 6.07) is 15.0. The molecule has 35 heavy (non-hydrogen) atoms. The molecule has 184 valence electrons. The highest BCUT2D eigenvalue weighted by molar-refractivity contribution is 9.10. The second-order valence-corrected chi connectivity index (χ2v) is 10.5. The molecule has 2 aliphatic rings. The Morgan fingerprint density at radius 3 is 2.54 bits per heavy atom. The molecule has 7 heteroatoms. The summed E-state index contributed by atoms with van der Waals surface area (Å²) < 4.78 is 17.4. The zero-order chi connectivity index (χ0) is 25.2. The third-order valence-corrected chi connectivity index (χ3v) is 6.92. The normalized spacial score (nSPS) is 19.1. The van der Waals surface area contributed by atoms with E-state index in [1.54, 1.807) is 7.11 Å². The number of allylic oxidation sites excluding steroid dienone is 3. The van der Waals surface area contributed by atoms with Crippen molar-refractivity contribution in [2.75, 3.05) is 20.3 Å². The predicted octanol–water partition coefficient (Wildman–Crippen LogP) is 5.68. The Labute approximate surface area is 214 Å². The second-order valence-electron chi connectivity index (χ2n) is 9.62. The summed E-state index contributed by atoms with van der Waals surface area (Å²) in [6.07, 6.45) is 1.15. The van der Waals surface area contributed by atoms with Crippen LogP contribution in [-0.4, -0.2) is 32.1 Å². The predicted molar refractivity (Wildman–Crippen MR) is 137 cm³/mol. The van der Waals surface area contributed by atoms with Gasteiger partial charge in [0.1, 0.15) is 24.7 Å². The highest BCUT2D eigenvalue weighted by Crippen LogP contribution is 2.47. The first-order valence-corrected chi connectivity index (χ1v) is 12.4. The van der Waals surface area contributed by atoms with E-state index in [4.69, 9.17) is 14.2 Å². The van der Waals surface area contributed by atoms with Gasteiger partial charge in [0.2, 0.25) is 0 Å². The van der Waals surface area contributed by atoms with Crippen LogP contribution in [0, 0.1) is 5.41 Å². The molecule has 0 spiro atoms. The van der Waals surface area contributed by atoms with Gasteiger partial charge in [0.25, 0.3) is 0 Å². The third-order valence-electron chi connectivity index (χ3n) is 6.30. The maximum atomic E-state index is 13.4. The second kappa shape index (κ2) is 10.3. The Morgan fingerprint density at radius 1 is 1.11 bits per heavy atom. The van der Waals surface area contributed by atoms with Crippen LogP contribution in [0.4, 0.5) is 0 Å². The Balaban J connectivity index is 1.63. The number of rotatable bonds is 7. The minimum Gasteiger partial charge on any atom is -0.496 e. The number of methoxy groups -OCH3 is 1. The van der Waals surface area contributed by atoms with E-state index in [9.17, 15) is 9.59 Å². The Kier molecular flexibility index (Phi) is 7.36. The third kappa shape index (κ3) is 5.45. The number of ether oxygens (including phenoxy) is 3. The largest absolute Gasteiger partial charge is 0.496 e. The van der Waals surface area contributed by atoms with Crippen LogP contribution in [0.2, 0.25) is 0 Å². The lowest BCUT2D eigenvalue weighted by Gasteiger charge is -2.39. The molecule has 1 aliphatic heterocycles. The molecule has 6 nitrogen and oxygen atoms in total. The fourth-order valence-electron chi connectivity index (χ4n) is 4.79. The minimum atomic E-state index is -0.528. The first kappa shape index (κ1) is 25.0. The Bertz CT molecular complexity index is 1200. The summed E-state index contributed by atoms with van der Waals surface area (Å²) in [7, 11) is 1.60. The van der Waals surface area contributed by atoms with Crippen LogP contribution in [0.25, 0.3) is 0 Å². The van der Waals surface area contributed by atoms with Crippen molar-refractivity contribution >= 4 is 27.7 Å². The van der Waals surface area contributed by atoms with E-state index in [1.165, 1.54) is 0 Å². The maximum Gasteiger partial charge on any atom is 0.336 e. The number of halogens is 1. The van der Waals surface area contributed by atoms with Gasteiger partial charge in [-0.1, -0.05) is 38.1 Å². The summed E-state index contributed by atoms with van der Waals surface area (Å²) in [5.74, 6) is 0.443. The van der Waals surface area contributed by atoms with Crippen molar-refractivity contribution in [1.29, 1.82) is 0 Å². The van der Waals surface area contributed by atoms with Crippen molar-refractivity contribution in [3.63, 3.8) is 0 Å². The zero-order valence-corrected chi connectivity index (χ0v) is 22.0. The molecule has 1 unspecified atom stereocenters. The van der Waals surface area contributed by atoms with Crippen molar-refractivity contribution < 1.29 is 23.8 Å². The molecule has 0 saturated carbocycles. The molecule has 2 aromatic carbocycles. The lowest BCUT2D eigenvalue weighted by atomic mass is 9.68. The summed E-state index contributed by atoms with van der Waals surface area (Å²) in [5, 5.41) is 3.36. The number of benzene rings is 2. The molecule has 1 heterocycles. The van der Waals surface area contributed by atoms with Gasteiger partial charge in [-0.05, 0) is 64.5 Å². The minimum absolute atomic E-state index is 0.0471. The molecule has 1 aliphatic carbocycles. The van der Waals surface area contributed by atoms with E-state index >= 15 is 0 Å². The number of carbonyl (C=O) groups excluding carboxylic acids is 2. The average molecular weight is 540 g/mol. The van der Waals surface area contributed by atoms with E-state index < -0.39 is 11.9 Å². The monoisotopic (exact) mass is 539 g/mol. The standard InChI is InChI=1S/C28H30BrNO5/c1-17-24(27(32)35-13-12-34-19-8-6-5-7-9-19)25(18-10-11-23(33-4)20(29)14-18)26-21(30-17)15-28(2,3)16-22(26)31/h5-11,14,25,30H,12-13,15-16H2,1-4H3. The fourth-order valence-corrected chi connectivity index (χ4v) is 5.35. The number of esters is 1. The van der Waals surface area contributed by atoms with Gasteiger partial charge in [0.15, 0.2) is 5.78 Å². The van der Waals surface area contributed by atoms with Crippen molar-refractivity contribution in [2.45, 2.75) is 39.5 Å². The molecule has 0 amide bonds. The fraction of sp³-hybridized carbons (Fsp3) is 0.357. The molecule has 1 N–H and O–H groups in total. The number of hydrogen-bond donors (Lipinski definition) is 1. The molecule has 0 saturated heterocycles. The number of para-hydroxylation sites is 1. The van der Waals surface area contributed by atoms with Crippen LogP contribution in [0.5, 0.6) is 11.5 Å². The van der Waals surface area contributed by atoms with Crippen LogP contribution in [0.1, 0.15) is 45.1 Å². The zero-order valence-electron chi connectivity index (χ0n) is 20.4. The number of dihydropyridines is 1. The van der Waals surface area contributed by atoms with Crippen LogP contribution in [-0.2, 0) is 14.3 Å². The quantitative estimate of drug-likeness (QED) is 0.360. The molecular formula is C28H30BrNO5. The van der Waals surface area contributed by atoms with Crippen LogP contribution in [0.15, 0.2) is 75.5 Å². The molecular weight excluding hydrogens is 510 g/mol. The van der Waals surface area contributed by atoms with Crippen LogP contribution in [0.3, 0.4) is 0 Å². The summed E-state index contributed by atoms with van der Waals surface area (Å²) in [6.45, 7) is 6.36. The molecule has 0 aromatic heterocycles. The van der Waals surface area contributed by atoms with Gasteiger partial charge in [-0.25, -0.2) is 4.79 Å². The number of carbonyl (C=O) groups is 2. The number of nitrogens with one attached hydrogen (secondary N) is 1. The van der Waals surface area contributed by atoms with Gasteiger partial charge >= 0.3 is 5.97 Å². The van der Waals surface area contributed by atoms with Gasteiger partial charge in [0, 0.05) is 29.3 Å². The van der Waals surface area contributed by atoms with E-state index in [0.29, 0.717) is 34.8 Å². The average Bonchev–Trinajstić information content (AvgIpc) is 2.80. The number of hydrogen-bond acceptors (Lipinski definition) is 6. The maximum absolute atomic E-state index is 13.4. The van der Waals surface area contributed by atoms with Crippen molar-refractivity contribution in [3.8, 4) is 11.5 Å². The van der Waals surface area contributed by atoms with E-state index in [2.05, 4.69) is 35.1 Å². The summed E-state index contributed by atoms with van der Waals surface area (Å²) in [5.41, 5.74) is 3.32. The topological polar surface area (TPSA) is 73.9 Å². The molecule has 4 rings (SSSR count). The first-order valence-electron chi connectivity index (χ1n) is 11.6. The van der Waals surface area contributed by atoms with Crippen molar-refractivity contribution in [1.82, 2.24) is 5.32 Å². The molecule has 1 atom stereocenters. The molecule has 0 radical (unpaired) electrons. The van der Waals surface area contributed by atoms with E-state index in [0.717, 1.165) is 22.2 Å². The first-order chi connectivity index (χ1) is 16.7. The lowest BCUT2D eigenvalue weighted by molar-refractivity contribution is -0.140. The Morgan fingerprint density at radius 2 is 1.86 bits per heavy atom. The lowest BCUT2D eigenvalue weighted by Crippen LogP contribution is -2.38. The SMILES string of the molecule is COc1ccc(C2C(C(=O)OCCOc3ccccc3)=C(C)NC3=C2C(=O)CC(C)(C)C3)cc1Br. The smallest absolute Gasteiger partial charge is 0.336 e. The van der Waals surface area contributed by atoms with Gasteiger partial charge in [0.05, 0.1) is 17.2 Å². The van der Waals surface area contributed by atoms with Gasteiger partial charge in [-0.2, -0.15) is 0 Å².